The summed E-state index contributed by atoms with van der Waals surface area (Å²) in [6.07, 6.45) is 36.2. The van der Waals surface area contributed by atoms with Crippen LogP contribution < -0.4 is 24.8 Å². The Kier molecular flexibility index (Phi) is 10.2. The van der Waals surface area contributed by atoms with Crippen molar-refractivity contribution in [1.29, 1.82) is 0 Å². The first kappa shape index (κ1) is 30.6. The average molecular weight is 610 g/mol. The van der Waals surface area contributed by atoms with Crippen molar-refractivity contribution in [2.75, 3.05) is 0 Å². The summed E-state index contributed by atoms with van der Waals surface area (Å²) in [6, 6.07) is 10.2. The van der Waals surface area contributed by atoms with Gasteiger partial charge in [0.25, 0.3) is 0 Å². The maximum Gasteiger partial charge on any atom is -1.00 e. The Hall–Kier alpha value is 0.688. The van der Waals surface area contributed by atoms with E-state index in [1.54, 1.807) is 61.9 Å². The van der Waals surface area contributed by atoms with E-state index < -0.39 is 16.1 Å². The molecule has 0 aromatic heterocycles. The SMILES string of the molecule is CCCC[Si]1([C]2([Ti+2][C]3([Si]4(CCCC)CCC4)CCC4C=CC=CC43)CCC3C=CC=CC32)CCC1.[Cl-].[Cl-]. The predicted molar refractivity (Wildman–Crippen MR) is 154 cm³/mol. The zero-order valence-electron chi connectivity index (χ0n) is 23.5. The second-order valence-electron chi connectivity index (χ2n) is 13.5. The van der Waals surface area contributed by atoms with Crippen molar-refractivity contribution in [1.82, 2.24) is 0 Å². The van der Waals surface area contributed by atoms with Crippen molar-refractivity contribution in [3.63, 3.8) is 0 Å². The molecule has 6 aliphatic rings. The van der Waals surface area contributed by atoms with Gasteiger partial charge in [-0.1, -0.05) is 0 Å². The minimum atomic E-state index is -1.21. The van der Waals surface area contributed by atoms with Gasteiger partial charge in [-0.2, -0.15) is 0 Å². The van der Waals surface area contributed by atoms with Gasteiger partial charge in [0.1, 0.15) is 0 Å². The number of hydrogen-bond acceptors (Lipinski definition) is 0. The Morgan fingerprint density at radius 3 is 1.41 bits per heavy atom. The quantitative estimate of drug-likeness (QED) is 0.328. The number of unbranched alkanes of at least 4 members (excludes halogenated alkanes) is 2. The van der Waals surface area contributed by atoms with Crippen LogP contribution in [-0.2, 0) is 19.2 Å². The zero-order chi connectivity index (χ0) is 24.0. The van der Waals surface area contributed by atoms with E-state index in [0.717, 1.165) is 30.4 Å². The van der Waals surface area contributed by atoms with Crippen molar-refractivity contribution < 1.29 is 44.0 Å². The molecule has 2 saturated carbocycles. The summed E-state index contributed by atoms with van der Waals surface area (Å²) in [4.78, 5) is 0. The van der Waals surface area contributed by atoms with Crippen LogP contribution in [0.3, 0.4) is 0 Å². The second-order valence-corrected chi connectivity index (χ2v) is 28.2. The van der Waals surface area contributed by atoms with E-state index in [0.29, 0.717) is 0 Å². The summed E-state index contributed by atoms with van der Waals surface area (Å²) < 4.78 is 1.66. The molecule has 0 spiro atoms. The molecule has 0 nitrogen and oxygen atoms in total. The van der Waals surface area contributed by atoms with Gasteiger partial charge in [-0.15, -0.1) is 0 Å². The summed E-state index contributed by atoms with van der Waals surface area (Å²) in [5.41, 5.74) is 0. The van der Waals surface area contributed by atoms with Crippen LogP contribution in [0.2, 0.25) is 43.0 Å². The van der Waals surface area contributed by atoms with Crippen molar-refractivity contribution in [3.05, 3.63) is 48.6 Å². The molecular weight excluding hydrogens is 559 g/mol. The molecular formula is C32H50Cl2Si2Ti. The van der Waals surface area contributed by atoms with E-state index in [1.165, 1.54) is 38.5 Å². The fourth-order valence-electron chi connectivity index (χ4n) is 10.3. The first-order valence-electron chi connectivity index (χ1n) is 15.6. The molecule has 2 saturated heterocycles. The minimum Gasteiger partial charge on any atom is -1.00 e. The fourth-order valence-corrected chi connectivity index (χ4v) is 34.3. The van der Waals surface area contributed by atoms with Crippen molar-refractivity contribution in [2.24, 2.45) is 23.7 Å². The Balaban J connectivity index is 0.00000160. The van der Waals surface area contributed by atoms with Gasteiger partial charge in [-0.3, -0.25) is 0 Å². The molecule has 5 heteroatoms. The number of hydrogen-bond donors (Lipinski definition) is 0. The predicted octanol–water partition coefficient (Wildman–Crippen LogP) is 4.08. The van der Waals surface area contributed by atoms with Crippen LogP contribution in [0.25, 0.3) is 0 Å². The summed E-state index contributed by atoms with van der Waals surface area (Å²) in [5, 5.41) is 0. The summed E-state index contributed by atoms with van der Waals surface area (Å²) in [7, 11) is -2.42. The molecule has 2 aliphatic heterocycles. The van der Waals surface area contributed by atoms with E-state index in [9.17, 15) is 0 Å². The van der Waals surface area contributed by atoms with Gasteiger partial charge in [-0.25, -0.2) is 0 Å². The topological polar surface area (TPSA) is 0 Å². The molecule has 6 rings (SSSR count). The molecule has 204 valence electrons. The molecule has 0 aromatic rings. The minimum absolute atomic E-state index is 0. The second kappa shape index (κ2) is 12.3. The molecule has 6 unspecified atom stereocenters. The summed E-state index contributed by atoms with van der Waals surface area (Å²) in [6.45, 7) is 4.93. The van der Waals surface area contributed by atoms with Gasteiger partial charge in [0.05, 0.1) is 0 Å². The zero-order valence-corrected chi connectivity index (χ0v) is 28.6. The van der Waals surface area contributed by atoms with Gasteiger partial charge < -0.3 is 24.8 Å². The Morgan fingerprint density at radius 2 is 1.05 bits per heavy atom. The van der Waals surface area contributed by atoms with Crippen LogP contribution in [0.5, 0.6) is 0 Å². The normalized spacial score (nSPS) is 39.4. The van der Waals surface area contributed by atoms with Gasteiger partial charge in [0.2, 0.25) is 0 Å². The average Bonchev–Trinajstić information content (AvgIpc) is 3.39. The van der Waals surface area contributed by atoms with Gasteiger partial charge >= 0.3 is 229 Å². The molecule has 0 aromatic carbocycles. The first-order valence-corrected chi connectivity index (χ1v) is 22.4. The van der Waals surface area contributed by atoms with Crippen LogP contribution in [0, 0.1) is 23.7 Å². The molecule has 0 radical (unpaired) electrons. The molecule has 6 atom stereocenters. The van der Waals surface area contributed by atoms with Crippen LogP contribution in [0.1, 0.15) is 78.1 Å². The molecule has 2 heterocycles. The molecule has 37 heavy (non-hydrogen) atoms. The van der Waals surface area contributed by atoms with Crippen LogP contribution in [0.15, 0.2) is 48.6 Å². The number of halogens is 2. The summed E-state index contributed by atoms with van der Waals surface area (Å²) >= 11 is -0.0231. The maximum atomic E-state index is 2.80. The van der Waals surface area contributed by atoms with E-state index in [4.69, 9.17) is 0 Å². The summed E-state index contributed by atoms with van der Waals surface area (Å²) in [5.74, 6) is 3.66. The van der Waals surface area contributed by atoms with Crippen LogP contribution >= 0.6 is 0 Å². The fraction of sp³-hybridized carbons (Fsp3) is 0.750. The molecule has 0 amide bonds. The maximum absolute atomic E-state index is 2.80. The monoisotopic (exact) mass is 608 g/mol. The number of fused-ring (bicyclic) bond motifs is 2. The molecule has 0 bridgehead atoms. The van der Waals surface area contributed by atoms with Crippen molar-refractivity contribution in [2.45, 2.75) is 121 Å². The third-order valence-corrected chi connectivity index (χ3v) is 34.4. The smallest absolute Gasteiger partial charge is 1.00 e. The van der Waals surface area contributed by atoms with E-state index in [2.05, 4.69) is 62.5 Å². The van der Waals surface area contributed by atoms with Crippen LogP contribution in [-0.4, -0.2) is 16.1 Å². The standard InChI is InChI=1S/2C16H25Si.2ClH.Ti/c2*1-2-3-11-17(12-6-13-17)16-10-9-14-7-4-5-8-15(14)16;;;/h2*4-5,7-8,14-15H,2-3,6,9-13H2,1H3;2*1H;/q;;;;+2/p-2. The Bertz CT molecular complexity index is 832. The Labute approximate surface area is 251 Å². The van der Waals surface area contributed by atoms with Crippen molar-refractivity contribution in [3.8, 4) is 0 Å². The molecule has 4 aliphatic carbocycles. The van der Waals surface area contributed by atoms with Crippen molar-refractivity contribution >= 4 is 16.1 Å². The van der Waals surface area contributed by atoms with Gasteiger partial charge in [0, 0.05) is 0 Å². The van der Waals surface area contributed by atoms with Crippen LogP contribution in [0.4, 0.5) is 0 Å². The van der Waals surface area contributed by atoms with Gasteiger partial charge in [0.15, 0.2) is 0 Å². The third-order valence-electron chi connectivity index (χ3n) is 12.4. The first-order chi connectivity index (χ1) is 17.1. The largest absolute Gasteiger partial charge is 1.00 e. The number of rotatable bonds is 10. The molecule has 0 N–H and O–H groups in total. The number of allylic oxidation sites excluding steroid dienone is 8. The van der Waals surface area contributed by atoms with E-state index in [-0.39, 0.29) is 44.0 Å². The Morgan fingerprint density at radius 1 is 0.649 bits per heavy atom. The molecule has 4 fully saturated rings. The van der Waals surface area contributed by atoms with Gasteiger partial charge in [-0.05, 0) is 0 Å². The van der Waals surface area contributed by atoms with E-state index in [1.807, 2.05) is 0 Å². The third kappa shape index (κ3) is 4.72. The van der Waals surface area contributed by atoms with E-state index >= 15 is 0 Å².